The molecule has 0 aliphatic rings. The van der Waals surface area contributed by atoms with Crippen molar-refractivity contribution in [2.75, 3.05) is 0 Å². The van der Waals surface area contributed by atoms with E-state index in [1.165, 1.54) is 12.1 Å². The van der Waals surface area contributed by atoms with Crippen LogP contribution >= 0.6 is 0 Å². The Kier molecular flexibility index (Phi) is 5.20. The third kappa shape index (κ3) is 5.09. The van der Waals surface area contributed by atoms with Gasteiger partial charge in [0.15, 0.2) is 0 Å². The molecule has 0 unspecified atom stereocenters. The molecule has 0 fully saturated rings. The van der Waals surface area contributed by atoms with Gasteiger partial charge in [0.1, 0.15) is 17.1 Å². The third-order valence-electron chi connectivity index (χ3n) is 2.82. The normalized spacial score (nSPS) is 11.7. The molecule has 1 aromatic rings. The maximum absolute atomic E-state index is 11.9. The zero-order valence-corrected chi connectivity index (χ0v) is 14.2. The van der Waals surface area contributed by atoms with Gasteiger partial charge in [-0.15, -0.1) is 0 Å². The van der Waals surface area contributed by atoms with Crippen LogP contribution in [0.2, 0.25) is 0 Å². The van der Waals surface area contributed by atoms with E-state index in [0.717, 1.165) is 6.07 Å². The lowest BCUT2D eigenvalue weighted by molar-refractivity contribution is -0.144. The molecule has 1 rings (SSSR count). The average molecular weight is 322 g/mol. The van der Waals surface area contributed by atoms with Crippen LogP contribution in [-0.4, -0.2) is 23.0 Å². The van der Waals surface area contributed by atoms with Gasteiger partial charge in [-0.3, -0.25) is 9.59 Å². The highest BCUT2D eigenvalue weighted by atomic mass is 16.5. The van der Waals surface area contributed by atoms with Gasteiger partial charge < -0.3 is 14.6 Å². The summed E-state index contributed by atoms with van der Waals surface area (Å²) in [7, 11) is 0. The molecule has 6 heteroatoms. The van der Waals surface area contributed by atoms with Crippen molar-refractivity contribution in [1.82, 2.24) is 0 Å². The van der Waals surface area contributed by atoms with Crippen LogP contribution in [0.1, 0.15) is 51.9 Å². The number of esters is 2. The fraction of sp³-hybridized carbons (Fsp3) is 0.471. The molecule has 0 aromatic heterocycles. The number of hydrogen-bond acceptors (Lipinski definition) is 5. The molecule has 0 aliphatic heterocycles. The summed E-state index contributed by atoms with van der Waals surface area (Å²) in [5.41, 5.74) is -1.74. The highest BCUT2D eigenvalue weighted by Gasteiger charge is 2.27. The predicted molar refractivity (Wildman–Crippen MR) is 83.6 cm³/mol. The summed E-state index contributed by atoms with van der Waals surface area (Å²) in [5, 5.41) is 9.27. The largest absolute Gasteiger partial charge is 0.478 e. The minimum Gasteiger partial charge on any atom is -0.478 e. The van der Waals surface area contributed by atoms with Gasteiger partial charge in [0.25, 0.3) is 0 Å². The average Bonchev–Trinajstić information content (AvgIpc) is 2.37. The summed E-state index contributed by atoms with van der Waals surface area (Å²) in [4.78, 5) is 35.1. The molecule has 6 nitrogen and oxygen atoms in total. The lowest BCUT2D eigenvalue weighted by Crippen LogP contribution is -2.27. The SMILES string of the molecule is CC(C)(C)C(=O)Oc1ccc(OC(=O)C(C)(C)C)c(C(=O)O)c1. The van der Waals surface area contributed by atoms with Crippen molar-refractivity contribution in [1.29, 1.82) is 0 Å². The van der Waals surface area contributed by atoms with E-state index in [0.29, 0.717) is 0 Å². The van der Waals surface area contributed by atoms with Crippen molar-refractivity contribution in [3.63, 3.8) is 0 Å². The number of carbonyl (C=O) groups excluding carboxylic acids is 2. The molecule has 0 radical (unpaired) electrons. The van der Waals surface area contributed by atoms with Crippen LogP contribution in [0.15, 0.2) is 18.2 Å². The van der Waals surface area contributed by atoms with Gasteiger partial charge >= 0.3 is 17.9 Å². The second-order valence-corrected chi connectivity index (χ2v) is 7.24. The summed E-state index contributed by atoms with van der Waals surface area (Å²) in [5.74, 6) is -2.34. The van der Waals surface area contributed by atoms with E-state index in [9.17, 15) is 19.5 Å². The summed E-state index contributed by atoms with van der Waals surface area (Å²) in [6.07, 6.45) is 0. The summed E-state index contributed by atoms with van der Waals surface area (Å²) >= 11 is 0. The zero-order chi connectivity index (χ0) is 18.0. The van der Waals surface area contributed by atoms with E-state index >= 15 is 0 Å². The molecule has 0 amide bonds. The van der Waals surface area contributed by atoms with Gasteiger partial charge in [0.2, 0.25) is 0 Å². The first-order chi connectivity index (χ1) is 10.3. The first-order valence-corrected chi connectivity index (χ1v) is 7.14. The molecule has 0 spiro atoms. The van der Waals surface area contributed by atoms with Gasteiger partial charge in [0, 0.05) is 0 Å². The maximum Gasteiger partial charge on any atom is 0.339 e. The minimum absolute atomic E-state index is 0.0814. The summed E-state index contributed by atoms with van der Waals surface area (Å²) < 4.78 is 10.3. The second kappa shape index (κ2) is 6.40. The number of benzene rings is 1. The number of carbonyl (C=O) groups is 3. The monoisotopic (exact) mass is 322 g/mol. The Labute approximate surface area is 135 Å². The maximum atomic E-state index is 11.9. The fourth-order valence-electron chi connectivity index (χ4n) is 1.34. The van der Waals surface area contributed by atoms with Gasteiger partial charge in [-0.2, -0.15) is 0 Å². The summed E-state index contributed by atoms with van der Waals surface area (Å²) in [6.45, 7) is 10.0. The number of carboxylic acid groups (broad SMARTS) is 1. The van der Waals surface area contributed by atoms with E-state index in [2.05, 4.69) is 0 Å². The Morgan fingerprint density at radius 3 is 1.78 bits per heavy atom. The Hall–Kier alpha value is -2.37. The van der Waals surface area contributed by atoms with E-state index < -0.39 is 28.7 Å². The molecule has 0 aliphatic carbocycles. The van der Waals surface area contributed by atoms with Crippen molar-refractivity contribution in [2.45, 2.75) is 41.5 Å². The van der Waals surface area contributed by atoms with E-state index in [4.69, 9.17) is 9.47 Å². The molecule has 1 aromatic carbocycles. The molecule has 126 valence electrons. The third-order valence-corrected chi connectivity index (χ3v) is 2.82. The van der Waals surface area contributed by atoms with Crippen LogP contribution in [0.3, 0.4) is 0 Å². The van der Waals surface area contributed by atoms with Crippen molar-refractivity contribution >= 4 is 17.9 Å². The van der Waals surface area contributed by atoms with Gasteiger partial charge in [-0.05, 0) is 59.7 Å². The topological polar surface area (TPSA) is 89.9 Å². The lowest BCUT2D eigenvalue weighted by Gasteiger charge is -2.19. The molecule has 0 saturated heterocycles. The number of aromatic carboxylic acids is 1. The van der Waals surface area contributed by atoms with E-state index in [1.54, 1.807) is 41.5 Å². The predicted octanol–water partition coefficient (Wildman–Crippen LogP) is 3.29. The Morgan fingerprint density at radius 2 is 1.35 bits per heavy atom. The lowest BCUT2D eigenvalue weighted by atomic mass is 9.97. The van der Waals surface area contributed by atoms with Crippen LogP contribution in [0.25, 0.3) is 0 Å². The van der Waals surface area contributed by atoms with E-state index in [1.807, 2.05) is 0 Å². The zero-order valence-electron chi connectivity index (χ0n) is 14.2. The highest BCUT2D eigenvalue weighted by Crippen LogP contribution is 2.28. The Balaban J connectivity index is 3.11. The van der Waals surface area contributed by atoms with Crippen molar-refractivity contribution < 1.29 is 29.0 Å². The van der Waals surface area contributed by atoms with Gasteiger partial charge in [0.05, 0.1) is 10.8 Å². The van der Waals surface area contributed by atoms with Gasteiger partial charge in [-0.25, -0.2) is 4.79 Å². The summed E-state index contributed by atoms with van der Waals surface area (Å²) in [6, 6.07) is 3.86. The molecule has 0 atom stereocenters. The molecular weight excluding hydrogens is 300 g/mol. The highest BCUT2D eigenvalue weighted by molar-refractivity contribution is 5.93. The van der Waals surface area contributed by atoms with Crippen LogP contribution in [0, 0.1) is 10.8 Å². The first kappa shape index (κ1) is 18.7. The standard InChI is InChI=1S/C17H22O6/c1-16(2,3)14(20)22-10-7-8-12(11(9-10)13(18)19)23-15(21)17(4,5)6/h7-9H,1-6H3,(H,18,19). The van der Waals surface area contributed by atoms with Crippen molar-refractivity contribution in [3.8, 4) is 11.5 Å². The number of hydrogen-bond donors (Lipinski definition) is 1. The van der Waals surface area contributed by atoms with Gasteiger partial charge in [-0.1, -0.05) is 0 Å². The molecule has 0 saturated carbocycles. The van der Waals surface area contributed by atoms with E-state index in [-0.39, 0.29) is 17.1 Å². The number of ether oxygens (including phenoxy) is 2. The molecule has 1 N–H and O–H groups in total. The van der Waals surface area contributed by atoms with Crippen LogP contribution in [0.4, 0.5) is 0 Å². The Bertz CT molecular complexity index is 631. The van der Waals surface area contributed by atoms with Crippen LogP contribution in [0.5, 0.6) is 11.5 Å². The fourth-order valence-corrected chi connectivity index (χ4v) is 1.34. The van der Waals surface area contributed by atoms with Crippen molar-refractivity contribution in [3.05, 3.63) is 23.8 Å². The molecule has 0 heterocycles. The van der Waals surface area contributed by atoms with Crippen LogP contribution < -0.4 is 9.47 Å². The minimum atomic E-state index is -1.28. The first-order valence-electron chi connectivity index (χ1n) is 7.14. The molecular formula is C17H22O6. The number of carboxylic acids is 1. The molecule has 23 heavy (non-hydrogen) atoms. The Morgan fingerprint density at radius 1 is 0.870 bits per heavy atom. The molecule has 0 bridgehead atoms. The number of rotatable bonds is 3. The van der Waals surface area contributed by atoms with Crippen LogP contribution in [-0.2, 0) is 9.59 Å². The van der Waals surface area contributed by atoms with Crippen molar-refractivity contribution in [2.24, 2.45) is 10.8 Å². The quantitative estimate of drug-likeness (QED) is 0.678. The second-order valence-electron chi connectivity index (χ2n) is 7.24. The smallest absolute Gasteiger partial charge is 0.339 e.